The number of benzene rings is 1. The third-order valence-corrected chi connectivity index (χ3v) is 5.11. The van der Waals surface area contributed by atoms with E-state index in [0.717, 1.165) is 38.5 Å². The molecule has 0 aliphatic heterocycles. The molecule has 1 N–H and O–H groups in total. The molecule has 0 atom stereocenters. The highest BCUT2D eigenvalue weighted by Crippen LogP contribution is 2.37. The maximum atomic E-state index is 14.5. The summed E-state index contributed by atoms with van der Waals surface area (Å²) < 4.78 is 44.0. The normalized spacial score (nSPS) is 16.1. The van der Waals surface area contributed by atoms with Gasteiger partial charge in [0.2, 0.25) is 5.78 Å². The average molecular weight is 361 g/mol. The fourth-order valence-electron chi connectivity index (χ4n) is 3.97. The lowest BCUT2D eigenvalue weighted by Crippen LogP contribution is -2.20. The van der Waals surface area contributed by atoms with Crippen LogP contribution in [-0.4, -0.2) is 14.4 Å². The van der Waals surface area contributed by atoms with Crippen LogP contribution in [0.3, 0.4) is 0 Å². The van der Waals surface area contributed by atoms with Crippen molar-refractivity contribution in [3.63, 3.8) is 0 Å². The number of rotatable bonds is 2. The number of aromatic nitrogens is 3. The first-order valence-corrected chi connectivity index (χ1v) is 8.80. The zero-order valence-corrected chi connectivity index (χ0v) is 14.1. The van der Waals surface area contributed by atoms with E-state index in [2.05, 4.69) is 9.97 Å². The molecular weight excluding hydrogens is 343 g/mol. The number of nitrogens with zero attached hydrogens (tertiary/aromatic N) is 2. The Morgan fingerprint density at radius 1 is 1.00 bits per heavy atom. The molecule has 0 amide bonds. The Labute approximate surface area is 147 Å². The largest absolute Gasteiger partial charge is 0.291 e. The number of fused-ring (bicyclic) bond motifs is 1. The molecular formula is C19H18F3N3O. The molecule has 1 fully saturated rings. The zero-order chi connectivity index (χ0) is 18.3. The number of hydrogen-bond donors (Lipinski definition) is 1. The van der Waals surface area contributed by atoms with Gasteiger partial charge in [-0.25, -0.2) is 18.2 Å². The van der Waals surface area contributed by atoms with Gasteiger partial charge in [0.25, 0.3) is 5.56 Å². The van der Waals surface area contributed by atoms with E-state index in [-0.39, 0.29) is 11.5 Å². The van der Waals surface area contributed by atoms with Gasteiger partial charge in [-0.05, 0) is 12.8 Å². The lowest BCUT2D eigenvalue weighted by molar-refractivity contribution is 0.543. The number of H-pyrrole nitrogens is 1. The van der Waals surface area contributed by atoms with Gasteiger partial charge in [0, 0.05) is 36.1 Å². The highest BCUT2D eigenvalue weighted by molar-refractivity contribution is 5.68. The van der Waals surface area contributed by atoms with Crippen LogP contribution in [0.25, 0.3) is 16.9 Å². The molecule has 1 aromatic carbocycles. The summed E-state index contributed by atoms with van der Waals surface area (Å²) in [5.74, 6) is -2.86. The van der Waals surface area contributed by atoms with Crippen LogP contribution < -0.4 is 5.56 Å². The fourth-order valence-corrected chi connectivity index (χ4v) is 3.97. The first kappa shape index (κ1) is 16.9. The lowest BCUT2D eigenvalue weighted by Gasteiger charge is -2.20. The minimum Gasteiger partial charge on any atom is -0.291 e. The van der Waals surface area contributed by atoms with Gasteiger partial charge < -0.3 is 0 Å². The molecule has 0 bridgehead atoms. The maximum Gasteiger partial charge on any atom is 0.260 e. The minimum atomic E-state index is -1.08. The van der Waals surface area contributed by atoms with E-state index >= 15 is 0 Å². The highest BCUT2D eigenvalue weighted by Gasteiger charge is 2.27. The van der Waals surface area contributed by atoms with Gasteiger partial charge in [0.15, 0.2) is 0 Å². The van der Waals surface area contributed by atoms with Crippen LogP contribution in [0.15, 0.2) is 29.3 Å². The number of aromatic amines is 1. The Morgan fingerprint density at radius 3 is 2.31 bits per heavy atom. The predicted octanol–water partition coefficient (Wildman–Crippen LogP) is 4.54. The smallest absolute Gasteiger partial charge is 0.260 e. The van der Waals surface area contributed by atoms with Gasteiger partial charge in [-0.1, -0.05) is 25.7 Å². The molecule has 1 saturated carbocycles. The van der Waals surface area contributed by atoms with Crippen molar-refractivity contribution < 1.29 is 13.2 Å². The first-order chi connectivity index (χ1) is 12.6. The van der Waals surface area contributed by atoms with Crippen molar-refractivity contribution in [1.29, 1.82) is 0 Å². The van der Waals surface area contributed by atoms with Gasteiger partial charge in [-0.2, -0.15) is 0 Å². The molecule has 26 heavy (non-hydrogen) atoms. The Hall–Kier alpha value is -2.57. The maximum absolute atomic E-state index is 14.5. The molecule has 2 aromatic heterocycles. The van der Waals surface area contributed by atoms with Crippen molar-refractivity contribution >= 4 is 5.78 Å². The van der Waals surface area contributed by atoms with Crippen LogP contribution in [0.2, 0.25) is 0 Å². The van der Waals surface area contributed by atoms with E-state index in [1.54, 1.807) is 10.6 Å². The van der Waals surface area contributed by atoms with Crippen molar-refractivity contribution in [3.05, 3.63) is 58.0 Å². The van der Waals surface area contributed by atoms with Gasteiger partial charge in [0.05, 0.1) is 11.1 Å². The van der Waals surface area contributed by atoms with Crippen LogP contribution in [0, 0.1) is 17.5 Å². The summed E-state index contributed by atoms with van der Waals surface area (Å²) in [6, 6.07) is 1.21. The molecule has 0 saturated heterocycles. The van der Waals surface area contributed by atoms with Crippen molar-refractivity contribution in [2.75, 3.05) is 0 Å². The highest BCUT2D eigenvalue weighted by atomic mass is 19.1. The number of nitrogens with one attached hydrogen (secondary N) is 1. The van der Waals surface area contributed by atoms with Crippen molar-refractivity contribution in [1.82, 2.24) is 14.4 Å². The Bertz CT molecular complexity index is 994. The van der Waals surface area contributed by atoms with Gasteiger partial charge >= 0.3 is 0 Å². The summed E-state index contributed by atoms with van der Waals surface area (Å²) in [6.07, 6.45) is 9.04. The van der Waals surface area contributed by atoms with Crippen molar-refractivity contribution in [2.45, 2.75) is 44.4 Å². The summed E-state index contributed by atoms with van der Waals surface area (Å²) >= 11 is 0. The second-order valence-electron chi connectivity index (χ2n) is 6.77. The molecule has 1 aliphatic carbocycles. The van der Waals surface area contributed by atoms with E-state index in [4.69, 9.17) is 0 Å². The fraction of sp³-hybridized carbons (Fsp3) is 0.368. The topological polar surface area (TPSA) is 50.2 Å². The molecule has 0 radical (unpaired) electrons. The molecule has 4 nitrogen and oxygen atoms in total. The Morgan fingerprint density at radius 2 is 1.65 bits per heavy atom. The van der Waals surface area contributed by atoms with Crippen LogP contribution >= 0.6 is 0 Å². The lowest BCUT2D eigenvalue weighted by atomic mass is 9.90. The summed E-state index contributed by atoms with van der Waals surface area (Å²) in [5.41, 5.74) is -0.625. The molecule has 0 unspecified atom stereocenters. The third kappa shape index (κ3) is 2.81. The zero-order valence-electron chi connectivity index (χ0n) is 14.1. The second kappa shape index (κ2) is 6.63. The molecule has 0 spiro atoms. The van der Waals surface area contributed by atoms with Gasteiger partial charge in [-0.15, -0.1) is 0 Å². The van der Waals surface area contributed by atoms with Crippen molar-refractivity contribution in [2.24, 2.45) is 0 Å². The number of hydrogen-bond acceptors (Lipinski definition) is 2. The quantitative estimate of drug-likeness (QED) is 0.681. The van der Waals surface area contributed by atoms with Crippen molar-refractivity contribution in [3.8, 4) is 11.1 Å². The first-order valence-electron chi connectivity index (χ1n) is 8.80. The number of imidazole rings is 1. The van der Waals surface area contributed by atoms with E-state index in [1.807, 2.05) is 0 Å². The molecule has 136 valence electrons. The van der Waals surface area contributed by atoms with Gasteiger partial charge in [0.1, 0.15) is 17.5 Å². The van der Waals surface area contributed by atoms with Crippen LogP contribution in [0.5, 0.6) is 0 Å². The summed E-state index contributed by atoms with van der Waals surface area (Å²) in [7, 11) is 0. The Balaban J connectivity index is 2.04. The summed E-state index contributed by atoms with van der Waals surface area (Å²) in [4.78, 5) is 19.4. The van der Waals surface area contributed by atoms with Gasteiger partial charge in [-0.3, -0.25) is 14.2 Å². The molecule has 4 rings (SSSR count). The average Bonchev–Trinajstić information content (AvgIpc) is 2.87. The van der Waals surface area contributed by atoms with E-state index in [0.29, 0.717) is 23.6 Å². The number of halogens is 3. The third-order valence-electron chi connectivity index (χ3n) is 5.11. The molecule has 3 aromatic rings. The van der Waals surface area contributed by atoms with E-state index in [1.165, 1.54) is 6.20 Å². The minimum absolute atomic E-state index is 0.0182. The second-order valence-corrected chi connectivity index (χ2v) is 6.77. The Kier molecular flexibility index (Phi) is 4.30. The van der Waals surface area contributed by atoms with Crippen LogP contribution in [-0.2, 0) is 0 Å². The monoisotopic (exact) mass is 361 g/mol. The SMILES string of the molecule is O=c1[nH]c2nccn2c(C2CCCCCC2)c1-c1c(F)cc(F)cc1F. The summed E-state index contributed by atoms with van der Waals surface area (Å²) in [6.45, 7) is 0. The van der Waals surface area contributed by atoms with Crippen LogP contribution in [0.1, 0.15) is 50.1 Å². The van der Waals surface area contributed by atoms with E-state index < -0.39 is 28.6 Å². The van der Waals surface area contributed by atoms with Crippen LogP contribution in [0.4, 0.5) is 13.2 Å². The standard InChI is InChI=1S/C19H18F3N3O/c20-12-9-13(21)15(14(22)10-12)16-17(11-5-3-1-2-4-6-11)25-8-7-23-19(25)24-18(16)26/h7-11H,1-6H2,(H,23,24,26). The molecule has 2 heterocycles. The predicted molar refractivity (Wildman–Crippen MR) is 91.6 cm³/mol. The van der Waals surface area contributed by atoms with E-state index in [9.17, 15) is 18.0 Å². The molecule has 1 aliphatic rings. The summed E-state index contributed by atoms with van der Waals surface area (Å²) in [5, 5.41) is 0. The molecule has 7 heteroatoms.